The van der Waals surface area contributed by atoms with Gasteiger partial charge in [0.25, 0.3) is 0 Å². The third-order valence-electron chi connectivity index (χ3n) is 42.5. The molecule has 24 aliphatic rings. The highest BCUT2D eigenvalue weighted by Crippen LogP contribution is 2.69. The van der Waals surface area contributed by atoms with E-state index >= 15 is 0 Å². The van der Waals surface area contributed by atoms with Crippen LogP contribution in [0, 0.1) is 107 Å². The Morgan fingerprint density at radius 3 is 0.674 bits per heavy atom. The molecule has 24 bridgehead atoms. The predicted octanol–water partition coefficient (Wildman–Crippen LogP) is 37.4. The van der Waals surface area contributed by atoms with Crippen LogP contribution in [0.4, 0.5) is 51.2 Å². The zero-order chi connectivity index (χ0) is 90.1. The van der Waals surface area contributed by atoms with Gasteiger partial charge in [-0.2, -0.15) is 0 Å². The first kappa shape index (κ1) is 83.3. The molecule has 3 aromatic heterocycles. The van der Waals surface area contributed by atoms with Gasteiger partial charge in [0.15, 0.2) is 0 Å². The van der Waals surface area contributed by atoms with Crippen LogP contribution in [0.2, 0.25) is 0 Å². The summed E-state index contributed by atoms with van der Waals surface area (Å²) in [4.78, 5) is 7.66. The number of rotatable bonds is 15. The van der Waals surface area contributed by atoms with Crippen molar-refractivity contribution in [2.24, 2.45) is 107 Å². The summed E-state index contributed by atoms with van der Waals surface area (Å²) in [7, 11) is 0. The van der Waals surface area contributed by atoms with E-state index in [1.165, 1.54) is 343 Å². The summed E-state index contributed by atoms with van der Waals surface area (Å²) in [6, 6.07) is 108. The summed E-state index contributed by atoms with van der Waals surface area (Å²) >= 11 is 5.77. The Kier molecular flexibility index (Phi) is 19.1. The first-order valence-electron chi connectivity index (χ1n) is 55.5. The van der Waals surface area contributed by atoms with E-state index < -0.39 is 0 Å². The minimum atomic E-state index is 0.432. The molecule has 138 heavy (non-hydrogen) atoms. The summed E-state index contributed by atoms with van der Waals surface area (Å²) < 4.78 is 8.25. The van der Waals surface area contributed by atoms with Gasteiger partial charge in [0.05, 0.1) is 5.69 Å². The lowest BCUT2D eigenvalue weighted by Crippen LogP contribution is -2.48. The second-order valence-electron chi connectivity index (χ2n) is 51.3. The van der Waals surface area contributed by atoms with Crippen LogP contribution in [0.1, 0.15) is 265 Å². The lowest BCUT2D eigenvalue weighted by atomic mass is 9.48. The van der Waals surface area contributed by atoms with Gasteiger partial charge in [-0.3, -0.25) is 0 Å². The first-order valence-corrected chi connectivity index (χ1v) is 58.0. The van der Waals surface area contributed by atoms with Crippen molar-refractivity contribution in [2.45, 2.75) is 264 Å². The second-order valence-corrected chi connectivity index (χ2v) is 54.5. The van der Waals surface area contributed by atoms with Gasteiger partial charge in [-0.15, -0.1) is 34.0 Å². The summed E-state index contributed by atoms with van der Waals surface area (Å²) in [5.41, 5.74) is 23.9. The molecule has 0 aliphatic heterocycles. The summed E-state index contributed by atoms with van der Waals surface area (Å²) in [5, 5.41) is 8.26. The molecule has 696 valence electrons. The van der Waals surface area contributed by atoms with Gasteiger partial charge < -0.3 is 14.7 Å². The topological polar surface area (TPSA) is 9.72 Å². The highest BCUT2D eigenvalue weighted by atomic mass is 32.1. The van der Waals surface area contributed by atoms with Crippen LogP contribution in [0.3, 0.4) is 0 Å². The van der Waals surface area contributed by atoms with E-state index in [0.29, 0.717) is 32.5 Å². The van der Waals surface area contributed by atoms with Crippen LogP contribution < -0.4 is 14.7 Å². The van der Waals surface area contributed by atoms with Crippen molar-refractivity contribution in [2.75, 3.05) is 14.7 Å². The van der Waals surface area contributed by atoms with Crippen LogP contribution in [-0.4, -0.2) is 0 Å². The maximum Gasteiger partial charge on any atom is 0.0554 e. The molecule has 15 aromatic rings. The lowest BCUT2D eigenvalue weighted by Gasteiger charge is -2.57. The van der Waals surface area contributed by atoms with Crippen molar-refractivity contribution >= 4 is 146 Å². The molecule has 24 fully saturated rings. The zero-order valence-corrected chi connectivity index (χ0v) is 83.3. The number of fused-ring (bicyclic) bond motifs is 9. The molecule has 0 atom stereocenters. The second kappa shape index (κ2) is 31.6. The fourth-order valence-corrected chi connectivity index (χ4v) is 42.9. The van der Waals surface area contributed by atoms with Crippen molar-refractivity contribution in [3.63, 3.8) is 0 Å². The zero-order valence-electron chi connectivity index (χ0n) is 80.9. The maximum atomic E-state index is 2.58. The summed E-state index contributed by atoms with van der Waals surface area (Å²) in [6.45, 7) is 0. The molecule has 0 unspecified atom stereocenters. The van der Waals surface area contributed by atoms with Crippen molar-refractivity contribution in [1.29, 1.82) is 0 Å². The Morgan fingerprint density at radius 2 is 0.370 bits per heavy atom. The Morgan fingerprint density at radius 1 is 0.159 bits per heavy atom. The largest absolute Gasteiger partial charge is 0.310 e. The number of nitrogens with zero attached hydrogens (tertiary/aromatic N) is 3. The van der Waals surface area contributed by atoms with Crippen molar-refractivity contribution in [3.8, 4) is 0 Å². The quantitative estimate of drug-likeness (QED) is 0.101. The summed E-state index contributed by atoms with van der Waals surface area (Å²) in [6.07, 6.45) is 52.7. The normalized spacial score (nSPS) is 35.4. The fraction of sp³-hybridized carbons (Fsp3) is 0.455. The molecule has 24 aliphatic carbocycles. The van der Waals surface area contributed by atoms with Gasteiger partial charge >= 0.3 is 0 Å². The molecule has 0 spiro atoms. The minimum Gasteiger partial charge on any atom is -0.310 e. The molecule has 0 radical (unpaired) electrons. The number of thiophene rings is 3. The number of hydrogen-bond acceptors (Lipinski definition) is 6. The molecule has 24 saturated carbocycles. The van der Waals surface area contributed by atoms with Crippen molar-refractivity contribution in [1.82, 2.24) is 0 Å². The first-order chi connectivity index (χ1) is 67.8. The Hall–Kier alpha value is -9.30. The SMILES string of the molecule is c1ccc2c(c1)sc1cc(N(c3ccc(C45CC6CC(CC(C6)C4)C5)cc3)c3ccc(C45CC6CC(CC(C6)C4)C5)cc3)ccc12.c1ccc2c(c1)sc1ccc(N(c3ccc(C45CC6CC(CC(C6)C4)C5)cc3)c3ccc(C45CC6CC(CC(C6)C4)C5)cc3)cc12.c1ccc2c(c1)sc1cccc(N(c3ccc(C45CC6CC(CC(C6)C4)C5)cc3)c3ccc(C45CC6CC(CC(C6)C4)C5)cc3)c12. The predicted molar refractivity (Wildman–Crippen MR) is 581 cm³/mol. The van der Waals surface area contributed by atoms with E-state index in [4.69, 9.17) is 0 Å². The van der Waals surface area contributed by atoms with Crippen LogP contribution in [0.15, 0.2) is 273 Å². The van der Waals surface area contributed by atoms with E-state index in [1.54, 1.807) is 33.4 Å². The fourth-order valence-electron chi connectivity index (χ4n) is 39.5. The van der Waals surface area contributed by atoms with Crippen molar-refractivity contribution < 1.29 is 0 Å². The lowest BCUT2D eigenvalue weighted by molar-refractivity contribution is -0.00531. The number of anilines is 9. The van der Waals surface area contributed by atoms with E-state index in [0.717, 1.165) is 107 Å². The van der Waals surface area contributed by atoms with Crippen LogP contribution in [0.5, 0.6) is 0 Å². The average Bonchev–Trinajstić information content (AvgIpc) is 0.931. The Bertz CT molecular complexity index is 6780. The Balaban J connectivity index is 0.0000000959. The van der Waals surface area contributed by atoms with E-state index in [1.807, 2.05) is 34.0 Å². The highest BCUT2D eigenvalue weighted by Gasteiger charge is 2.58. The van der Waals surface area contributed by atoms with Crippen LogP contribution in [0.25, 0.3) is 60.5 Å². The molecular weight excluding hydrogens is 1720 g/mol. The van der Waals surface area contributed by atoms with Gasteiger partial charge in [-0.1, -0.05) is 140 Å². The van der Waals surface area contributed by atoms with Gasteiger partial charge in [0.2, 0.25) is 0 Å². The third-order valence-corrected chi connectivity index (χ3v) is 45.9. The van der Waals surface area contributed by atoms with Gasteiger partial charge in [0, 0.05) is 106 Å². The standard InChI is InChI=1S/3C44H45NS/c1-2-6-40-38(4-1)42-39(5-3-7-41(42)46-40)45(36-12-8-34(9-13-36)43-22-28-16-29(23-43)18-30(17-28)24-43)37-14-10-35(11-15-37)44-25-31-19-32(26-44)21-33(20-31)27-44;1-2-4-41-39(3-1)40-21-38(13-14-42(40)46-41)45(36-9-5-34(6-10-36)43-22-28-15-29(23-43)17-30(16-28)24-43)37-11-7-35(8-12-37)44-25-31-18-32(26-44)20-33(19-31)27-44;1-2-4-41-39(3-1)40-14-13-38(21-42(40)46-41)45(36-9-5-34(6-10-36)43-22-28-15-29(23-43)17-30(16-28)24-43)37-11-7-35(8-12-37)44-25-31-18-32(26-44)20-33(19-31)27-44/h1-15,28-33H,16-27H2;2*1-14,21,28-33H,15-20,22-27H2. The van der Waals surface area contributed by atoms with Gasteiger partial charge in [0.1, 0.15) is 0 Å². The molecule has 0 amide bonds. The number of benzene rings is 12. The molecule has 0 N–H and O–H groups in total. The molecular formula is C132H135N3S3. The van der Waals surface area contributed by atoms with Crippen LogP contribution in [-0.2, 0) is 32.5 Å². The molecule has 39 rings (SSSR count). The van der Waals surface area contributed by atoms with Gasteiger partial charge in [-0.05, 0) is 537 Å². The highest BCUT2D eigenvalue weighted by molar-refractivity contribution is 7.26. The van der Waals surface area contributed by atoms with E-state index in [2.05, 4.69) is 288 Å². The van der Waals surface area contributed by atoms with Crippen LogP contribution >= 0.6 is 34.0 Å². The molecule has 0 saturated heterocycles. The third kappa shape index (κ3) is 13.7. The van der Waals surface area contributed by atoms with Gasteiger partial charge in [-0.25, -0.2) is 0 Å². The smallest absolute Gasteiger partial charge is 0.0554 e. The molecule has 12 aromatic carbocycles. The average molecular weight is 1860 g/mol. The molecule has 6 heteroatoms. The number of hydrogen-bond donors (Lipinski definition) is 0. The van der Waals surface area contributed by atoms with Crippen molar-refractivity contribution in [3.05, 3.63) is 306 Å². The summed E-state index contributed by atoms with van der Waals surface area (Å²) in [5.74, 6) is 17.5. The van der Waals surface area contributed by atoms with E-state index in [-0.39, 0.29) is 0 Å². The maximum absolute atomic E-state index is 2.58. The molecule has 3 heterocycles. The Labute approximate surface area is 830 Å². The monoisotopic (exact) mass is 1860 g/mol. The molecule has 3 nitrogen and oxygen atoms in total. The minimum absolute atomic E-state index is 0.432. The van der Waals surface area contributed by atoms with E-state index in [9.17, 15) is 0 Å².